The van der Waals surface area contributed by atoms with Gasteiger partial charge in [-0.25, -0.2) is 4.98 Å². The molecule has 0 aromatic carbocycles. The highest BCUT2D eigenvalue weighted by molar-refractivity contribution is 7.13. The monoisotopic (exact) mass is 293 g/mol. The summed E-state index contributed by atoms with van der Waals surface area (Å²) in [6.07, 6.45) is 2.99. The molecule has 1 fully saturated rings. The van der Waals surface area contributed by atoms with E-state index in [2.05, 4.69) is 31.8 Å². The quantitative estimate of drug-likeness (QED) is 0.864. The van der Waals surface area contributed by atoms with Crippen LogP contribution in [0.4, 0.5) is 5.13 Å². The molecule has 0 amide bonds. The number of anilines is 1. The third-order valence-electron chi connectivity index (χ3n) is 3.68. The Morgan fingerprint density at radius 2 is 2.20 bits per heavy atom. The molecule has 1 aliphatic rings. The van der Waals surface area contributed by atoms with Gasteiger partial charge in [0.1, 0.15) is 0 Å². The van der Waals surface area contributed by atoms with Crippen molar-refractivity contribution < 1.29 is 4.52 Å². The molecule has 0 unspecified atom stereocenters. The first kappa shape index (κ1) is 13.5. The zero-order valence-corrected chi connectivity index (χ0v) is 12.6. The van der Waals surface area contributed by atoms with Gasteiger partial charge in [0, 0.05) is 44.7 Å². The molecule has 3 heterocycles. The molecule has 0 aliphatic carbocycles. The fourth-order valence-electron chi connectivity index (χ4n) is 2.54. The summed E-state index contributed by atoms with van der Waals surface area (Å²) in [5, 5.41) is 7.19. The van der Waals surface area contributed by atoms with Crippen molar-refractivity contribution in [2.24, 2.45) is 0 Å². The zero-order valence-electron chi connectivity index (χ0n) is 11.8. The van der Waals surface area contributed by atoms with Gasteiger partial charge in [0.05, 0.1) is 6.04 Å². The van der Waals surface area contributed by atoms with Crippen molar-refractivity contribution in [1.29, 1.82) is 0 Å². The van der Waals surface area contributed by atoms with E-state index in [1.165, 1.54) is 0 Å². The second-order valence-electron chi connectivity index (χ2n) is 5.04. The molecular weight excluding hydrogens is 274 g/mol. The van der Waals surface area contributed by atoms with Crippen LogP contribution in [0.5, 0.6) is 0 Å². The van der Waals surface area contributed by atoms with Crippen LogP contribution in [0.25, 0.3) is 0 Å². The molecule has 108 valence electrons. The van der Waals surface area contributed by atoms with Crippen LogP contribution >= 0.6 is 11.3 Å². The lowest BCUT2D eigenvalue weighted by Gasteiger charge is -2.25. The molecule has 1 saturated heterocycles. The number of rotatable bonds is 3. The van der Waals surface area contributed by atoms with Gasteiger partial charge in [0.25, 0.3) is 0 Å². The van der Waals surface area contributed by atoms with Crippen LogP contribution in [-0.2, 0) is 0 Å². The molecule has 7 heteroatoms. The summed E-state index contributed by atoms with van der Waals surface area (Å²) in [5.41, 5.74) is 0. The van der Waals surface area contributed by atoms with E-state index in [9.17, 15) is 0 Å². The molecule has 0 bridgehead atoms. The predicted octanol–water partition coefficient (Wildman–Crippen LogP) is 2.11. The molecule has 20 heavy (non-hydrogen) atoms. The van der Waals surface area contributed by atoms with E-state index in [0.29, 0.717) is 5.89 Å². The highest BCUT2D eigenvalue weighted by atomic mass is 32.1. The van der Waals surface area contributed by atoms with Crippen molar-refractivity contribution in [3.63, 3.8) is 0 Å². The second-order valence-corrected chi connectivity index (χ2v) is 5.91. The van der Waals surface area contributed by atoms with Crippen LogP contribution in [0.15, 0.2) is 16.1 Å². The Hall–Kier alpha value is -1.47. The number of hydrogen-bond acceptors (Lipinski definition) is 7. The zero-order chi connectivity index (χ0) is 13.9. The van der Waals surface area contributed by atoms with Crippen LogP contribution in [0, 0.1) is 6.92 Å². The van der Waals surface area contributed by atoms with Gasteiger partial charge in [0.15, 0.2) is 11.0 Å². The van der Waals surface area contributed by atoms with Crippen LogP contribution in [-0.4, -0.2) is 46.2 Å². The molecule has 2 aromatic heterocycles. The minimum atomic E-state index is 0.198. The third-order valence-corrected chi connectivity index (χ3v) is 4.52. The Balaban J connectivity index is 1.65. The largest absolute Gasteiger partial charge is 0.347 e. The van der Waals surface area contributed by atoms with Crippen molar-refractivity contribution in [1.82, 2.24) is 20.0 Å². The maximum Gasteiger partial charge on any atom is 0.223 e. The molecule has 6 nitrogen and oxygen atoms in total. The van der Waals surface area contributed by atoms with Crippen molar-refractivity contribution in [3.05, 3.63) is 23.3 Å². The lowest BCUT2D eigenvalue weighted by atomic mass is 10.2. The highest BCUT2D eigenvalue weighted by Crippen LogP contribution is 2.23. The molecule has 0 radical (unpaired) electrons. The average Bonchev–Trinajstić information content (AvgIpc) is 3.05. The number of aryl methyl sites for hydroxylation is 1. The Labute approximate surface area is 122 Å². The van der Waals surface area contributed by atoms with Gasteiger partial charge in [-0.2, -0.15) is 4.98 Å². The Morgan fingerprint density at radius 1 is 1.30 bits per heavy atom. The molecule has 3 rings (SSSR count). The molecule has 1 aliphatic heterocycles. The SMILES string of the molecule is Cc1nc([C@@H](C)N2CCCN(c3nccs3)CC2)no1. The molecule has 0 saturated carbocycles. The van der Waals surface area contributed by atoms with Crippen LogP contribution in [0.3, 0.4) is 0 Å². The normalized spacial score (nSPS) is 19.0. The maximum atomic E-state index is 5.08. The van der Waals surface area contributed by atoms with Gasteiger partial charge >= 0.3 is 0 Å². The van der Waals surface area contributed by atoms with Gasteiger partial charge in [-0.05, 0) is 13.3 Å². The molecule has 0 N–H and O–H groups in total. The minimum absolute atomic E-state index is 0.198. The molecular formula is C13H19N5OS. The van der Waals surface area contributed by atoms with Crippen LogP contribution < -0.4 is 4.90 Å². The fraction of sp³-hybridized carbons (Fsp3) is 0.615. The van der Waals surface area contributed by atoms with Gasteiger partial charge < -0.3 is 9.42 Å². The van der Waals surface area contributed by atoms with E-state index in [1.807, 2.05) is 18.5 Å². The number of aromatic nitrogens is 3. The van der Waals surface area contributed by atoms with Gasteiger partial charge in [-0.1, -0.05) is 5.16 Å². The van der Waals surface area contributed by atoms with Gasteiger partial charge in [-0.15, -0.1) is 11.3 Å². The average molecular weight is 293 g/mol. The number of thiazole rings is 1. The Bertz CT molecular complexity index is 541. The van der Waals surface area contributed by atoms with E-state index in [-0.39, 0.29) is 6.04 Å². The van der Waals surface area contributed by atoms with Crippen molar-refractivity contribution >= 4 is 16.5 Å². The van der Waals surface area contributed by atoms with Crippen molar-refractivity contribution in [2.45, 2.75) is 26.3 Å². The van der Waals surface area contributed by atoms with E-state index in [4.69, 9.17) is 4.52 Å². The predicted molar refractivity (Wildman–Crippen MR) is 78.0 cm³/mol. The van der Waals surface area contributed by atoms with Crippen molar-refractivity contribution in [2.75, 3.05) is 31.1 Å². The Kier molecular flexibility index (Phi) is 3.98. The minimum Gasteiger partial charge on any atom is -0.347 e. The van der Waals surface area contributed by atoms with Crippen LogP contribution in [0.1, 0.15) is 31.1 Å². The summed E-state index contributed by atoms with van der Waals surface area (Å²) < 4.78 is 5.08. The first-order chi connectivity index (χ1) is 9.74. The number of nitrogens with zero attached hydrogens (tertiary/aromatic N) is 5. The first-order valence-electron chi connectivity index (χ1n) is 6.93. The maximum absolute atomic E-state index is 5.08. The number of hydrogen-bond donors (Lipinski definition) is 0. The molecule has 0 spiro atoms. The van der Waals surface area contributed by atoms with E-state index in [1.54, 1.807) is 11.3 Å². The summed E-state index contributed by atoms with van der Waals surface area (Å²) in [6, 6.07) is 0.198. The van der Waals surface area contributed by atoms with E-state index < -0.39 is 0 Å². The fourth-order valence-corrected chi connectivity index (χ4v) is 3.23. The van der Waals surface area contributed by atoms with Gasteiger partial charge in [0.2, 0.25) is 5.89 Å². The lowest BCUT2D eigenvalue weighted by molar-refractivity contribution is 0.213. The Morgan fingerprint density at radius 3 is 2.90 bits per heavy atom. The van der Waals surface area contributed by atoms with Crippen LogP contribution in [0.2, 0.25) is 0 Å². The van der Waals surface area contributed by atoms with E-state index >= 15 is 0 Å². The first-order valence-corrected chi connectivity index (χ1v) is 7.80. The summed E-state index contributed by atoms with van der Waals surface area (Å²) >= 11 is 1.70. The molecule has 1 atom stereocenters. The summed E-state index contributed by atoms with van der Waals surface area (Å²) in [4.78, 5) is 13.5. The van der Waals surface area contributed by atoms with Crippen molar-refractivity contribution in [3.8, 4) is 0 Å². The third kappa shape index (κ3) is 2.83. The summed E-state index contributed by atoms with van der Waals surface area (Å²) in [7, 11) is 0. The molecule has 2 aromatic rings. The van der Waals surface area contributed by atoms with Gasteiger partial charge in [-0.3, -0.25) is 4.90 Å². The topological polar surface area (TPSA) is 58.3 Å². The second kappa shape index (κ2) is 5.88. The lowest BCUT2D eigenvalue weighted by Crippen LogP contribution is -2.32. The summed E-state index contributed by atoms with van der Waals surface area (Å²) in [6.45, 7) is 8.07. The van der Waals surface area contributed by atoms with E-state index in [0.717, 1.165) is 43.6 Å². The smallest absolute Gasteiger partial charge is 0.223 e. The standard InChI is InChI=1S/C13H19N5OS/c1-10(12-15-11(2)19-16-12)17-5-3-6-18(8-7-17)13-14-4-9-20-13/h4,9-10H,3,5-8H2,1-2H3/t10-/m1/s1. The summed E-state index contributed by atoms with van der Waals surface area (Å²) in [5.74, 6) is 1.41. The highest BCUT2D eigenvalue weighted by Gasteiger charge is 2.23.